The lowest BCUT2D eigenvalue weighted by Crippen LogP contribution is -2.74. The van der Waals surface area contributed by atoms with E-state index >= 15 is 0 Å². The van der Waals surface area contributed by atoms with Crippen molar-refractivity contribution in [1.82, 2.24) is 4.40 Å². The third-order valence-corrected chi connectivity index (χ3v) is 17.9. The van der Waals surface area contributed by atoms with E-state index < -0.39 is 8.07 Å². The third-order valence-electron chi connectivity index (χ3n) is 13.1. The Bertz CT molecular complexity index is 3410. The van der Waals surface area contributed by atoms with Crippen LogP contribution in [0.2, 0.25) is 0 Å². The summed E-state index contributed by atoms with van der Waals surface area (Å²) < 4.78 is 2.46. The average Bonchev–Trinajstić information content (AvgIpc) is 3.89. The fourth-order valence-corrected chi connectivity index (χ4v) is 15.0. The number of benzene rings is 10. The quantitative estimate of drug-likeness (QED) is 0.104. The van der Waals surface area contributed by atoms with Crippen molar-refractivity contribution in [3.8, 4) is 22.3 Å². The summed E-state index contributed by atoms with van der Waals surface area (Å²) in [6.07, 6.45) is 0. The first-order chi connectivity index (χ1) is 31.3. The van der Waals surface area contributed by atoms with Gasteiger partial charge in [-0.3, -0.25) is 0 Å². The molecule has 0 fully saturated rings. The summed E-state index contributed by atoms with van der Waals surface area (Å²) in [4.78, 5) is 2.35. The first-order valence-corrected chi connectivity index (χ1v) is 23.8. The molecule has 0 N–H and O–H groups in total. The van der Waals surface area contributed by atoms with Gasteiger partial charge >= 0.3 is 0 Å². The molecule has 12 aromatic rings. The number of aromatic nitrogens is 1. The van der Waals surface area contributed by atoms with Gasteiger partial charge in [0, 0.05) is 38.6 Å². The van der Waals surface area contributed by atoms with Crippen molar-refractivity contribution < 1.29 is 0 Å². The van der Waals surface area contributed by atoms with Crippen molar-refractivity contribution in [1.29, 1.82) is 0 Å². The second kappa shape index (κ2) is 15.2. The van der Waals surface area contributed by atoms with Gasteiger partial charge in [0.1, 0.15) is 0 Å². The molecule has 2 aromatic heterocycles. The maximum Gasteiger partial charge on any atom is 0.179 e. The molecule has 0 saturated carbocycles. The highest BCUT2D eigenvalue weighted by Crippen LogP contribution is 2.41. The number of anilines is 3. The Balaban J connectivity index is 0.888. The number of nitrogens with zero attached hydrogens (tertiary/aromatic N) is 2. The van der Waals surface area contributed by atoms with E-state index in [4.69, 9.17) is 0 Å². The molecule has 10 aromatic carbocycles. The minimum Gasteiger partial charge on any atom is -0.311 e. The van der Waals surface area contributed by atoms with Gasteiger partial charge in [-0.2, -0.15) is 0 Å². The van der Waals surface area contributed by atoms with Crippen LogP contribution in [0.5, 0.6) is 0 Å². The molecule has 12 rings (SSSR count). The van der Waals surface area contributed by atoms with Gasteiger partial charge in [0.2, 0.25) is 0 Å². The van der Waals surface area contributed by atoms with Crippen LogP contribution in [0.25, 0.3) is 60.3 Å². The maximum atomic E-state index is 2.46. The van der Waals surface area contributed by atoms with E-state index in [-0.39, 0.29) is 0 Å². The molecule has 296 valence electrons. The van der Waals surface area contributed by atoms with Crippen molar-refractivity contribution in [2.45, 2.75) is 0 Å². The average molecular weight is 819 g/mol. The Morgan fingerprint density at radius 3 is 1.19 bits per heavy atom. The molecule has 0 radical (unpaired) electrons. The first-order valence-electron chi connectivity index (χ1n) is 21.8. The standard InChI is InChI=1S/C60H42N2Si/c1-5-16-47(17-6-1)61(49-37-30-45(31-38-49)46-34-41-55-57-26-15-25-56-54-24-13-14-27-58(54)62(60(56)57)59(55)42-46)48-35-28-43(29-36-48)44-32-39-53(40-33-44)63(50-18-7-2-8-19-50,51-20-9-3-10-21-51)52-22-11-4-12-23-52/h1-42H. The first kappa shape index (κ1) is 36.8. The van der Waals surface area contributed by atoms with E-state index in [1.54, 1.807) is 0 Å². The Morgan fingerprint density at radius 2 is 0.651 bits per heavy atom. The zero-order valence-corrected chi connectivity index (χ0v) is 35.6. The molecule has 0 saturated heterocycles. The largest absolute Gasteiger partial charge is 0.311 e. The second-order valence-electron chi connectivity index (χ2n) is 16.5. The molecule has 0 aliphatic carbocycles. The van der Waals surface area contributed by atoms with E-state index in [2.05, 4.69) is 264 Å². The molecule has 0 unspecified atom stereocenters. The number of rotatable bonds is 9. The van der Waals surface area contributed by atoms with E-state index in [0.717, 1.165) is 17.1 Å². The fourth-order valence-electron chi connectivity index (χ4n) is 10.2. The zero-order valence-electron chi connectivity index (χ0n) is 34.6. The normalized spacial score (nSPS) is 11.8. The van der Waals surface area contributed by atoms with Gasteiger partial charge < -0.3 is 9.30 Å². The van der Waals surface area contributed by atoms with Crippen molar-refractivity contribution in [2.75, 3.05) is 4.90 Å². The van der Waals surface area contributed by atoms with Gasteiger partial charge in [-0.15, -0.1) is 0 Å². The van der Waals surface area contributed by atoms with Crippen LogP contribution < -0.4 is 25.6 Å². The summed E-state index contributed by atoms with van der Waals surface area (Å²) >= 11 is 0. The smallest absolute Gasteiger partial charge is 0.179 e. The number of para-hydroxylation sites is 3. The Morgan fingerprint density at radius 1 is 0.270 bits per heavy atom. The monoisotopic (exact) mass is 818 g/mol. The summed E-state index contributed by atoms with van der Waals surface area (Å²) in [6, 6.07) is 93.9. The van der Waals surface area contributed by atoms with Crippen LogP contribution in [0.1, 0.15) is 0 Å². The lowest BCUT2D eigenvalue weighted by atomic mass is 10.0. The second-order valence-corrected chi connectivity index (χ2v) is 20.3. The molecule has 3 heteroatoms. The fraction of sp³-hybridized carbons (Fsp3) is 0. The highest BCUT2D eigenvalue weighted by atomic mass is 28.3. The molecule has 63 heavy (non-hydrogen) atoms. The van der Waals surface area contributed by atoms with Crippen LogP contribution in [-0.4, -0.2) is 12.5 Å². The number of hydrogen-bond donors (Lipinski definition) is 0. The van der Waals surface area contributed by atoms with Crippen LogP contribution >= 0.6 is 0 Å². The molecule has 2 heterocycles. The molecular weight excluding hydrogens is 777 g/mol. The zero-order chi connectivity index (χ0) is 41.7. The van der Waals surface area contributed by atoms with E-state index in [1.165, 1.54) is 81.1 Å². The van der Waals surface area contributed by atoms with Crippen molar-refractivity contribution in [3.63, 3.8) is 0 Å². The summed E-state index contributed by atoms with van der Waals surface area (Å²) in [6.45, 7) is 0. The van der Waals surface area contributed by atoms with Gasteiger partial charge in [-0.25, -0.2) is 0 Å². The highest BCUT2D eigenvalue weighted by molar-refractivity contribution is 7.19. The summed E-state index contributed by atoms with van der Waals surface area (Å²) in [5.41, 5.74) is 11.9. The molecule has 0 bridgehead atoms. The highest BCUT2D eigenvalue weighted by Gasteiger charge is 2.41. The Kier molecular flexibility index (Phi) is 8.87. The van der Waals surface area contributed by atoms with Crippen LogP contribution in [0, 0.1) is 0 Å². The molecule has 2 nitrogen and oxygen atoms in total. The molecule has 0 spiro atoms. The van der Waals surface area contributed by atoms with Crippen LogP contribution in [-0.2, 0) is 0 Å². The van der Waals surface area contributed by atoms with Gasteiger partial charge in [-0.1, -0.05) is 206 Å². The topological polar surface area (TPSA) is 7.65 Å². The molecule has 0 amide bonds. The predicted molar refractivity (Wildman–Crippen MR) is 270 cm³/mol. The van der Waals surface area contributed by atoms with Crippen molar-refractivity contribution >= 4 is 84.0 Å². The van der Waals surface area contributed by atoms with Gasteiger partial charge in [0.05, 0.1) is 16.6 Å². The van der Waals surface area contributed by atoms with Crippen LogP contribution in [0.3, 0.4) is 0 Å². The number of fused-ring (bicyclic) bond motifs is 6. The van der Waals surface area contributed by atoms with Crippen LogP contribution in [0.4, 0.5) is 17.1 Å². The summed E-state index contributed by atoms with van der Waals surface area (Å²) in [5.74, 6) is 0. The van der Waals surface area contributed by atoms with Gasteiger partial charge in [0.25, 0.3) is 0 Å². The SMILES string of the molecule is c1ccc(N(c2ccc(-c3ccc([Si](c4ccccc4)(c4ccccc4)c4ccccc4)cc3)cc2)c2ccc(-c3ccc4c5cccc6c7ccccc7n(c4c3)c65)cc2)cc1. The lowest BCUT2D eigenvalue weighted by molar-refractivity contribution is 1.28. The van der Waals surface area contributed by atoms with Gasteiger partial charge in [-0.05, 0) is 91.5 Å². The van der Waals surface area contributed by atoms with Crippen molar-refractivity contribution in [3.05, 3.63) is 255 Å². The summed E-state index contributed by atoms with van der Waals surface area (Å²) in [7, 11) is -2.59. The lowest BCUT2D eigenvalue weighted by Gasteiger charge is -2.34. The third kappa shape index (κ3) is 6.00. The summed E-state index contributed by atoms with van der Waals surface area (Å²) in [5, 5.41) is 10.7. The molecule has 0 atom stereocenters. The molecule has 0 aliphatic heterocycles. The number of hydrogen-bond acceptors (Lipinski definition) is 1. The maximum absolute atomic E-state index is 2.59. The van der Waals surface area contributed by atoms with Gasteiger partial charge in [0.15, 0.2) is 8.07 Å². The Hall–Kier alpha value is -7.98. The van der Waals surface area contributed by atoms with E-state index in [1.807, 2.05) is 0 Å². The van der Waals surface area contributed by atoms with E-state index in [9.17, 15) is 0 Å². The van der Waals surface area contributed by atoms with E-state index in [0.29, 0.717) is 0 Å². The molecule has 0 aliphatic rings. The Labute approximate surface area is 368 Å². The molecular formula is C60H42N2Si. The predicted octanol–water partition coefficient (Wildman–Crippen LogP) is 13.0. The van der Waals surface area contributed by atoms with Crippen molar-refractivity contribution in [2.24, 2.45) is 0 Å². The minimum atomic E-state index is -2.59. The minimum absolute atomic E-state index is 1.11. The van der Waals surface area contributed by atoms with Crippen LogP contribution in [0.15, 0.2) is 255 Å².